The SMILES string of the molecule is CCC1CCC(Nc2ccc([N+](=O)[O-])c(Cl)c2)CC1. The molecule has 0 saturated heterocycles. The molecule has 0 heterocycles. The second-order valence-electron chi connectivity index (χ2n) is 5.19. The van der Waals surface area contributed by atoms with Gasteiger partial charge < -0.3 is 5.32 Å². The first-order valence-electron chi connectivity index (χ1n) is 6.80. The molecule has 0 aliphatic heterocycles. The monoisotopic (exact) mass is 282 g/mol. The maximum Gasteiger partial charge on any atom is 0.288 e. The van der Waals surface area contributed by atoms with Crippen molar-refractivity contribution in [2.75, 3.05) is 5.32 Å². The number of rotatable bonds is 4. The van der Waals surface area contributed by atoms with Crippen molar-refractivity contribution in [2.24, 2.45) is 5.92 Å². The molecule has 104 valence electrons. The van der Waals surface area contributed by atoms with E-state index in [0.29, 0.717) is 6.04 Å². The molecule has 19 heavy (non-hydrogen) atoms. The molecule has 1 fully saturated rings. The van der Waals surface area contributed by atoms with E-state index < -0.39 is 4.92 Å². The van der Waals surface area contributed by atoms with Gasteiger partial charge in [-0.3, -0.25) is 10.1 Å². The van der Waals surface area contributed by atoms with Gasteiger partial charge in [-0.15, -0.1) is 0 Å². The molecule has 0 amide bonds. The number of nitro benzene ring substituents is 1. The molecule has 1 aliphatic carbocycles. The van der Waals surface area contributed by atoms with Crippen LogP contribution in [-0.2, 0) is 0 Å². The minimum absolute atomic E-state index is 0.0399. The zero-order valence-electron chi connectivity index (χ0n) is 11.1. The Hall–Kier alpha value is -1.29. The third-order valence-corrected chi connectivity index (χ3v) is 4.24. The molecule has 1 aliphatic rings. The molecule has 0 atom stereocenters. The Kier molecular flexibility index (Phi) is 4.64. The van der Waals surface area contributed by atoms with Crippen LogP contribution in [0.3, 0.4) is 0 Å². The van der Waals surface area contributed by atoms with Gasteiger partial charge in [0.25, 0.3) is 5.69 Å². The predicted molar refractivity (Wildman–Crippen MR) is 77.8 cm³/mol. The van der Waals surface area contributed by atoms with Crippen molar-refractivity contribution in [3.05, 3.63) is 33.3 Å². The zero-order valence-corrected chi connectivity index (χ0v) is 11.8. The van der Waals surface area contributed by atoms with Crippen molar-refractivity contribution in [3.63, 3.8) is 0 Å². The van der Waals surface area contributed by atoms with E-state index in [4.69, 9.17) is 11.6 Å². The van der Waals surface area contributed by atoms with Crippen LogP contribution in [0.25, 0.3) is 0 Å². The van der Waals surface area contributed by atoms with Crippen LogP contribution < -0.4 is 5.32 Å². The summed E-state index contributed by atoms with van der Waals surface area (Å²) in [7, 11) is 0. The Morgan fingerprint density at radius 2 is 2.05 bits per heavy atom. The number of nitrogens with one attached hydrogen (secondary N) is 1. The smallest absolute Gasteiger partial charge is 0.288 e. The topological polar surface area (TPSA) is 55.2 Å². The van der Waals surface area contributed by atoms with Crippen LogP contribution in [-0.4, -0.2) is 11.0 Å². The van der Waals surface area contributed by atoms with Crippen LogP contribution in [0.1, 0.15) is 39.0 Å². The number of hydrogen-bond acceptors (Lipinski definition) is 3. The Labute approximate surface area is 118 Å². The lowest BCUT2D eigenvalue weighted by Crippen LogP contribution is -2.25. The van der Waals surface area contributed by atoms with Crippen molar-refractivity contribution in [3.8, 4) is 0 Å². The molecule has 1 saturated carbocycles. The average molecular weight is 283 g/mol. The van der Waals surface area contributed by atoms with Crippen LogP contribution in [0.15, 0.2) is 18.2 Å². The van der Waals surface area contributed by atoms with Gasteiger partial charge in [0.2, 0.25) is 0 Å². The fourth-order valence-corrected chi connectivity index (χ4v) is 2.95. The molecule has 2 rings (SSSR count). The van der Waals surface area contributed by atoms with Gasteiger partial charge in [-0.2, -0.15) is 0 Å². The van der Waals surface area contributed by atoms with Crippen LogP contribution in [0, 0.1) is 16.0 Å². The number of hydrogen-bond donors (Lipinski definition) is 1. The third kappa shape index (κ3) is 3.60. The van der Waals surface area contributed by atoms with E-state index in [9.17, 15) is 10.1 Å². The van der Waals surface area contributed by atoms with Gasteiger partial charge in [0.15, 0.2) is 0 Å². The lowest BCUT2D eigenvalue weighted by molar-refractivity contribution is -0.384. The van der Waals surface area contributed by atoms with E-state index >= 15 is 0 Å². The summed E-state index contributed by atoms with van der Waals surface area (Å²) in [4.78, 5) is 10.2. The van der Waals surface area contributed by atoms with Crippen LogP contribution in [0.2, 0.25) is 5.02 Å². The van der Waals surface area contributed by atoms with Crippen molar-refractivity contribution >= 4 is 23.0 Å². The first-order valence-corrected chi connectivity index (χ1v) is 7.18. The van der Waals surface area contributed by atoms with Gasteiger partial charge in [0.1, 0.15) is 5.02 Å². The maximum absolute atomic E-state index is 10.7. The molecule has 1 N–H and O–H groups in total. The first kappa shape index (κ1) is 14.1. The van der Waals surface area contributed by atoms with Gasteiger partial charge in [0, 0.05) is 17.8 Å². The molecule has 0 unspecified atom stereocenters. The van der Waals surface area contributed by atoms with E-state index in [1.165, 1.54) is 25.3 Å². The van der Waals surface area contributed by atoms with Gasteiger partial charge in [-0.25, -0.2) is 0 Å². The number of nitrogens with zero attached hydrogens (tertiary/aromatic N) is 1. The Morgan fingerprint density at radius 1 is 1.37 bits per heavy atom. The van der Waals surface area contributed by atoms with E-state index in [1.807, 2.05) is 0 Å². The number of nitro groups is 1. The van der Waals surface area contributed by atoms with Gasteiger partial charge in [-0.1, -0.05) is 24.9 Å². The van der Waals surface area contributed by atoms with E-state index in [-0.39, 0.29) is 10.7 Å². The minimum Gasteiger partial charge on any atom is -0.382 e. The highest BCUT2D eigenvalue weighted by Crippen LogP contribution is 2.31. The summed E-state index contributed by atoms with van der Waals surface area (Å²) >= 11 is 5.91. The molecule has 0 aromatic heterocycles. The normalized spacial score (nSPS) is 23.1. The summed E-state index contributed by atoms with van der Waals surface area (Å²) in [5, 5.41) is 14.3. The molecule has 1 aromatic rings. The van der Waals surface area contributed by atoms with Crippen molar-refractivity contribution < 1.29 is 4.92 Å². The van der Waals surface area contributed by atoms with Crippen molar-refractivity contribution in [2.45, 2.75) is 45.1 Å². The molecular weight excluding hydrogens is 264 g/mol. The minimum atomic E-state index is -0.460. The first-order chi connectivity index (χ1) is 9.10. The molecule has 5 heteroatoms. The highest BCUT2D eigenvalue weighted by atomic mass is 35.5. The Morgan fingerprint density at radius 3 is 2.58 bits per heavy atom. The Balaban J connectivity index is 1.97. The highest BCUT2D eigenvalue weighted by Gasteiger charge is 2.20. The molecule has 1 aromatic carbocycles. The average Bonchev–Trinajstić information content (AvgIpc) is 2.39. The summed E-state index contributed by atoms with van der Waals surface area (Å²) in [5.41, 5.74) is 0.831. The maximum atomic E-state index is 10.7. The number of benzene rings is 1. The fourth-order valence-electron chi connectivity index (χ4n) is 2.70. The lowest BCUT2D eigenvalue weighted by Gasteiger charge is -2.29. The second-order valence-corrected chi connectivity index (χ2v) is 5.60. The zero-order chi connectivity index (χ0) is 13.8. The summed E-state index contributed by atoms with van der Waals surface area (Å²) in [5.74, 6) is 0.860. The second kappa shape index (κ2) is 6.24. The summed E-state index contributed by atoms with van der Waals surface area (Å²) < 4.78 is 0. The van der Waals surface area contributed by atoms with E-state index in [2.05, 4.69) is 12.2 Å². The third-order valence-electron chi connectivity index (χ3n) is 3.94. The van der Waals surface area contributed by atoms with Crippen LogP contribution >= 0.6 is 11.6 Å². The standard InChI is InChI=1S/C14H19ClN2O2/c1-2-10-3-5-11(6-4-10)16-12-7-8-14(17(18)19)13(15)9-12/h7-11,16H,2-6H2,1H3. The summed E-state index contributed by atoms with van der Waals surface area (Å²) in [6, 6.07) is 5.30. The summed E-state index contributed by atoms with van der Waals surface area (Å²) in [6.07, 6.45) is 6.10. The van der Waals surface area contributed by atoms with Gasteiger partial charge >= 0.3 is 0 Å². The molecule has 0 spiro atoms. The molecule has 0 bridgehead atoms. The molecule has 4 nitrogen and oxygen atoms in total. The van der Waals surface area contributed by atoms with Crippen LogP contribution in [0.5, 0.6) is 0 Å². The van der Waals surface area contributed by atoms with E-state index in [1.54, 1.807) is 12.1 Å². The van der Waals surface area contributed by atoms with Gasteiger partial charge in [0.05, 0.1) is 4.92 Å². The van der Waals surface area contributed by atoms with Crippen molar-refractivity contribution in [1.29, 1.82) is 0 Å². The number of halogens is 1. The predicted octanol–water partition coefficient (Wildman–Crippen LogP) is 4.63. The van der Waals surface area contributed by atoms with Crippen LogP contribution in [0.4, 0.5) is 11.4 Å². The fraction of sp³-hybridized carbons (Fsp3) is 0.571. The quantitative estimate of drug-likeness (QED) is 0.647. The van der Waals surface area contributed by atoms with Gasteiger partial charge in [-0.05, 0) is 43.7 Å². The van der Waals surface area contributed by atoms with Crippen molar-refractivity contribution in [1.82, 2.24) is 0 Å². The summed E-state index contributed by atoms with van der Waals surface area (Å²) in [6.45, 7) is 2.24. The molecule has 0 radical (unpaired) electrons. The Bertz CT molecular complexity index is 457. The highest BCUT2D eigenvalue weighted by molar-refractivity contribution is 6.32. The lowest BCUT2D eigenvalue weighted by atomic mass is 9.84. The van der Waals surface area contributed by atoms with E-state index in [0.717, 1.165) is 24.4 Å². The molecular formula is C14H19ClN2O2. The largest absolute Gasteiger partial charge is 0.382 e. The number of anilines is 1.